The highest BCUT2D eigenvalue weighted by Gasteiger charge is 2.17. The van der Waals surface area contributed by atoms with E-state index in [2.05, 4.69) is 21.7 Å². The fourth-order valence-electron chi connectivity index (χ4n) is 2.14. The van der Waals surface area contributed by atoms with Crippen LogP contribution in [0, 0.1) is 0 Å². The van der Waals surface area contributed by atoms with Gasteiger partial charge in [0.2, 0.25) is 0 Å². The van der Waals surface area contributed by atoms with Gasteiger partial charge < -0.3 is 10.3 Å². The molecule has 1 unspecified atom stereocenters. The van der Waals surface area contributed by atoms with Gasteiger partial charge >= 0.3 is 0 Å². The Kier molecular flexibility index (Phi) is 2.76. The van der Waals surface area contributed by atoms with Gasteiger partial charge in [-0.05, 0) is 31.5 Å². The molecule has 1 atom stereocenters. The molecule has 2 N–H and O–H groups in total. The van der Waals surface area contributed by atoms with Crippen LogP contribution in [0.5, 0.6) is 0 Å². The molecule has 3 heterocycles. The van der Waals surface area contributed by atoms with Crippen molar-refractivity contribution in [3.05, 3.63) is 29.4 Å². The van der Waals surface area contributed by atoms with E-state index in [0.717, 1.165) is 17.2 Å². The lowest BCUT2D eigenvalue weighted by atomic mass is 10.0. The molecule has 0 spiro atoms. The molecule has 3 rings (SSSR count). The van der Waals surface area contributed by atoms with Crippen LogP contribution < -0.4 is 5.32 Å². The van der Waals surface area contributed by atoms with Crippen molar-refractivity contribution in [2.24, 2.45) is 0 Å². The zero-order valence-electron chi connectivity index (χ0n) is 9.07. The van der Waals surface area contributed by atoms with E-state index in [1.54, 1.807) is 11.3 Å². The highest BCUT2D eigenvalue weighted by atomic mass is 32.1. The van der Waals surface area contributed by atoms with Crippen molar-refractivity contribution in [2.45, 2.75) is 25.3 Å². The zero-order chi connectivity index (χ0) is 10.8. The first-order chi connectivity index (χ1) is 7.93. The number of thiazole rings is 1. The number of aromatic nitrogens is 2. The lowest BCUT2D eigenvalue weighted by Crippen LogP contribution is -2.26. The van der Waals surface area contributed by atoms with Crippen molar-refractivity contribution in [3.63, 3.8) is 0 Å². The van der Waals surface area contributed by atoms with Gasteiger partial charge in [-0.25, -0.2) is 4.98 Å². The van der Waals surface area contributed by atoms with Gasteiger partial charge in [0.25, 0.3) is 0 Å². The molecule has 3 nitrogen and oxygen atoms in total. The molecule has 2 aromatic rings. The Bertz CT molecular complexity index is 441. The second-order valence-corrected chi connectivity index (χ2v) is 5.02. The van der Waals surface area contributed by atoms with E-state index in [1.807, 2.05) is 12.3 Å². The van der Waals surface area contributed by atoms with E-state index in [1.165, 1.54) is 25.0 Å². The summed E-state index contributed by atoms with van der Waals surface area (Å²) in [5, 5.41) is 6.80. The molecular weight excluding hydrogens is 218 g/mol. The highest BCUT2D eigenvalue weighted by molar-refractivity contribution is 7.13. The van der Waals surface area contributed by atoms with Crippen molar-refractivity contribution in [3.8, 4) is 10.7 Å². The number of piperidine rings is 1. The summed E-state index contributed by atoms with van der Waals surface area (Å²) in [7, 11) is 0. The summed E-state index contributed by atoms with van der Waals surface area (Å²) in [6.07, 6.45) is 5.76. The summed E-state index contributed by atoms with van der Waals surface area (Å²) in [5.74, 6) is 0. The van der Waals surface area contributed by atoms with E-state index < -0.39 is 0 Å². The fourth-order valence-corrected chi connectivity index (χ4v) is 3.00. The molecule has 1 fully saturated rings. The Morgan fingerprint density at radius 1 is 1.38 bits per heavy atom. The van der Waals surface area contributed by atoms with Crippen molar-refractivity contribution in [1.29, 1.82) is 0 Å². The number of hydrogen-bond donors (Lipinski definition) is 2. The van der Waals surface area contributed by atoms with Gasteiger partial charge in [0.1, 0.15) is 5.01 Å². The first-order valence-corrected chi connectivity index (χ1v) is 6.64. The predicted molar refractivity (Wildman–Crippen MR) is 66.5 cm³/mol. The van der Waals surface area contributed by atoms with Crippen LogP contribution in [0.3, 0.4) is 0 Å². The lowest BCUT2D eigenvalue weighted by Gasteiger charge is -2.21. The summed E-state index contributed by atoms with van der Waals surface area (Å²) in [4.78, 5) is 7.90. The van der Waals surface area contributed by atoms with Gasteiger partial charge in [0.05, 0.1) is 17.4 Å². The molecule has 2 aromatic heterocycles. The number of nitrogens with one attached hydrogen (secondary N) is 2. The lowest BCUT2D eigenvalue weighted by molar-refractivity contribution is 0.407. The Labute approximate surface area is 98.9 Å². The van der Waals surface area contributed by atoms with Gasteiger partial charge in [-0.1, -0.05) is 6.42 Å². The number of aromatic amines is 1. The molecule has 1 saturated heterocycles. The maximum Gasteiger partial charge on any atom is 0.139 e. The molecular formula is C12H15N3S. The van der Waals surface area contributed by atoms with Crippen molar-refractivity contribution in [2.75, 3.05) is 6.54 Å². The minimum atomic E-state index is 0.466. The summed E-state index contributed by atoms with van der Waals surface area (Å²) < 4.78 is 0. The van der Waals surface area contributed by atoms with Gasteiger partial charge in [-0.2, -0.15) is 0 Å². The second kappa shape index (κ2) is 4.39. The van der Waals surface area contributed by atoms with E-state index in [-0.39, 0.29) is 0 Å². The van der Waals surface area contributed by atoms with Crippen LogP contribution in [0.1, 0.15) is 31.0 Å². The topological polar surface area (TPSA) is 40.7 Å². The highest BCUT2D eigenvalue weighted by Crippen LogP contribution is 2.28. The molecule has 0 aliphatic carbocycles. The second-order valence-electron chi connectivity index (χ2n) is 4.16. The third-order valence-corrected chi connectivity index (χ3v) is 3.91. The average molecular weight is 233 g/mol. The number of rotatable bonds is 2. The molecule has 1 aliphatic rings. The Balaban J connectivity index is 1.82. The molecule has 0 amide bonds. The van der Waals surface area contributed by atoms with Crippen molar-refractivity contribution >= 4 is 11.3 Å². The first kappa shape index (κ1) is 10.1. The minimum absolute atomic E-state index is 0.466. The third-order valence-electron chi connectivity index (χ3n) is 3.02. The first-order valence-electron chi connectivity index (χ1n) is 5.76. The van der Waals surface area contributed by atoms with Crippen molar-refractivity contribution in [1.82, 2.24) is 15.3 Å². The van der Waals surface area contributed by atoms with Crippen LogP contribution in [0.2, 0.25) is 0 Å². The minimum Gasteiger partial charge on any atom is -0.359 e. The van der Waals surface area contributed by atoms with Crippen LogP contribution in [0.4, 0.5) is 0 Å². The molecule has 16 heavy (non-hydrogen) atoms. The Morgan fingerprint density at radius 2 is 2.38 bits per heavy atom. The summed E-state index contributed by atoms with van der Waals surface area (Å²) in [5.41, 5.74) is 2.32. The summed E-state index contributed by atoms with van der Waals surface area (Å²) >= 11 is 1.72. The quantitative estimate of drug-likeness (QED) is 0.837. The van der Waals surface area contributed by atoms with E-state index in [0.29, 0.717) is 6.04 Å². The van der Waals surface area contributed by atoms with Gasteiger partial charge in [0.15, 0.2) is 0 Å². The number of hydrogen-bond acceptors (Lipinski definition) is 3. The average Bonchev–Trinajstić information content (AvgIpc) is 3.01. The third kappa shape index (κ3) is 1.90. The van der Waals surface area contributed by atoms with Crippen LogP contribution in [-0.4, -0.2) is 16.5 Å². The van der Waals surface area contributed by atoms with Crippen LogP contribution in [-0.2, 0) is 0 Å². The maximum atomic E-state index is 4.70. The van der Waals surface area contributed by atoms with E-state index in [9.17, 15) is 0 Å². The Hall–Kier alpha value is -1.13. The smallest absolute Gasteiger partial charge is 0.139 e. The Morgan fingerprint density at radius 3 is 3.12 bits per heavy atom. The molecule has 4 heteroatoms. The number of H-pyrrole nitrogens is 1. The standard InChI is InChI=1S/C12H15N3S/c1-2-6-13-9(4-1)11-8-16-12(15-11)10-5-3-7-14-10/h3,5,7-9,13-14H,1-2,4,6H2. The summed E-state index contributed by atoms with van der Waals surface area (Å²) in [6, 6.07) is 4.54. The maximum absolute atomic E-state index is 4.70. The molecule has 84 valence electrons. The molecule has 0 saturated carbocycles. The van der Waals surface area contributed by atoms with Crippen molar-refractivity contribution < 1.29 is 0 Å². The predicted octanol–water partition coefficient (Wildman–Crippen LogP) is 2.95. The summed E-state index contributed by atoms with van der Waals surface area (Å²) in [6.45, 7) is 1.13. The molecule has 0 aromatic carbocycles. The number of nitrogens with zero attached hydrogens (tertiary/aromatic N) is 1. The van der Waals surface area contributed by atoms with E-state index >= 15 is 0 Å². The zero-order valence-corrected chi connectivity index (χ0v) is 9.89. The van der Waals surface area contributed by atoms with Crippen LogP contribution in [0.15, 0.2) is 23.7 Å². The van der Waals surface area contributed by atoms with Crippen LogP contribution >= 0.6 is 11.3 Å². The van der Waals surface area contributed by atoms with Gasteiger partial charge in [-0.15, -0.1) is 11.3 Å². The van der Waals surface area contributed by atoms with Crippen LogP contribution in [0.25, 0.3) is 10.7 Å². The molecule has 0 bridgehead atoms. The van der Waals surface area contributed by atoms with Gasteiger partial charge in [0, 0.05) is 11.6 Å². The SMILES string of the molecule is c1c[nH]c(-c2nc(C3CCCCN3)cs2)c1. The normalized spacial score (nSPS) is 21.1. The monoisotopic (exact) mass is 233 g/mol. The largest absolute Gasteiger partial charge is 0.359 e. The molecule has 1 aliphatic heterocycles. The van der Waals surface area contributed by atoms with E-state index in [4.69, 9.17) is 4.98 Å². The fraction of sp³-hybridized carbons (Fsp3) is 0.417. The van der Waals surface area contributed by atoms with Gasteiger partial charge in [-0.3, -0.25) is 0 Å². The molecule has 0 radical (unpaired) electrons.